The average molecular weight is 311 g/mol. The van der Waals surface area contributed by atoms with E-state index in [0.717, 1.165) is 0 Å². The second-order valence-corrected chi connectivity index (χ2v) is 6.85. The molecule has 1 heterocycles. The highest BCUT2D eigenvalue weighted by Crippen LogP contribution is 2.39. The van der Waals surface area contributed by atoms with Crippen LogP contribution < -0.4 is 0 Å². The van der Waals surface area contributed by atoms with Crippen molar-refractivity contribution in [3.63, 3.8) is 0 Å². The van der Waals surface area contributed by atoms with Crippen LogP contribution in [0, 0.1) is 5.92 Å². The van der Waals surface area contributed by atoms with Gasteiger partial charge in [0.15, 0.2) is 0 Å². The molecular formula is C10H18NO6PS. The first-order chi connectivity index (χ1) is 8.77. The summed E-state index contributed by atoms with van der Waals surface area (Å²) in [6.45, 7) is 3.59. The lowest BCUT2D eigenvalue weighted by molar-refractivity contribution is -0.148. The average Bonchev–Trinajstić information content (AvgIpc) is 2.75. The summed E-state index contributed by atoms with van der Waals surface area (Å²) in [5.74, 6) is -0.0717. The van der Waals surface area contributed by atoms with E-state index >= 15 is 0 Å². The van der Waals surface area contributed by atoms with E-state index in [1.165, 1.54) is 18.7 Å². The first-order valence-electron chi connectivity index (χ1n) is 5.85. The summed E-state index contributed by atoms with van der Waals surface area (Å²) in [6.07, 6.45) is 0. The molecule has 9 heteroatoms. The number of rotatable bonds is 6. The van der Waals surface area contributed by atoms with Crippen molar-refractivity contribution in [3.8, 4) is 0 Å². The fraction of sp³-hybridized carbons (Fsp3) is 0.800. The molecular weight excluding hydrogens is 293 g/mol. The zero-order chi connectivity index (χ0) is 14.6. The molecule has 0 amide bonds. The first-order valence-corrected chi connectivity index (χ1v) is 8.62. The van der Waals surface area contributed by atoms with Gasteiger partial charge in [0.2, 0.25) is 5.52 Å². The summed E-state index contributed by atoms with van der Waals surface area (Å²) in [5.41, 5.74) is -1.09. The number of esters is 1. The molecule has 0 aromatic heterocycles. The summed E-state index contributed by atoms with van der Waals surface area (Å²) in [7, 11) is -4.71. The molecule has 2 atom stereocenters. The number of ether oxygens (including phenoxy) is 1. The molecule has 0 bridgehead atoms. The number of hydrogen-bond acceptors (Lipinski definition) is 6. The molecule has 2 N–H and O–H groups in total. The highest BCUT2D eigenvalue weighted by Gasteiger charge is 2.37. The van der Waals surface area contributed by atoms with Crippen LogP contribution in [-0.2, 0) is 18.9 Å². The van der Waals surface area contributed by atoms with Crippen LogP contribution in [0.25, 0.3) is 0 Å². The van der Waals surface area contributed by atoms with Crippen LogP contribution in [0.15, 0.2) is 0 Å². The standard InChI is InChI=1S/C10H18NO6PS/c1-3-17-9(12)8-5-19-6-11(8)4-7(2)10(13)18(14,15)16/h7-8H,3-6H2,1-2H3,(H2,14,15,16). The minimum absolute atomic E-state index is 0.139. The largest absolute Gasteiger partial charge is 0.465 e. The monoisotopic (exact) mass is 311 g/mol. The Morgan fingerprint density at radius 1 is 1.53 bits per heavy atom. The van der Waals surface area contributed by atoms with Gasteiger partial charge >= 0.3 is 13.6 Å². The topological polar surface area (TPSA) is 104 Å². The number of nitrogens with zero attached hydrogens (tertiary/aromatic N) is 1. The zero-order valence-corrected chi connectivity index (χ0v) is 12.5. The molecule has 1 aliphatic heterocycles. The third kappa shape index (κ3) is 4.57. The Labute approximate surface area is 115 Å². The molecule has 0 aliphatic carbocycles. The maximum atomic E-state index is 11.7. The normalized spacial score (nSPS) is 22.2. The highest BCUT2D eigenvalue weighted by atomic mass is 32.2. The van der Waals surface area contributed by atoms with Crippen LogP contribution in [0.1, 0.15) is 13.8 Å². The molecule has 0 radical (unpaired) electrons. The zero-order valence-electron chi connectivity index (χ0n) is 10.8. The minimum atomic E-state index is -4.71. The molecule has 0 spiro atoms. The summed E-state index contributed by atoms with van der Waals surface area (Å²) < 4.78 is 15.8. The van der Waals surface area contributed by atoms with E-state index in [1.807, 2.05) is 0 Å². The van der Waals surface area contributed by atoms with Gasteiger partial charge in [-0.3, -0.25) is 19.1 Å². The smallest absolute Gasteiger partial charge is 0.391 e. The van der Waals surface area contributed by atoms with Crippen LogP contribution >= 0.6 is 19.4 Å². The SMILES string of the molecule is CCOC(=O)C1CSCN1CC(C)C(=O)P(=O)(O)O. The second-order valence-electron chi connectivity index (χ2n) is 4.32. The van der Waals surface area contributed by atoms with E-state index in [-0.39, 0.29) is 19.1 Å². The van der Waals surface area contributed by atoms with Gasteiger partial charge in [-0.05, 0) is 6.92 Å². The van der Waals surface area contributed by atoms with Gasteiger partial charge in [-0.1, -0.05) is 6.92 Å². The molecule has 110 valence electrons. The van der Waals surface area contributed by atoms with Crippen molar-refractivity contribution in [1.29, 1.82) is 0 Å². The molecule has 2 unspecified atom stereocenters. The molecule has 0 saturated carbocycles. The number of carbonyl (C=O) groups excluding carboxylic acids is 2. The lowest BCUT2D eigenvalue weighted by Crippen LogP contribution is -2.42. The molecule has 1 fully saturated rings. The van der Waals surface area contributed by atoms with E-state index in [0.29, 0.717) is 11.6 Å². The Morgan fingerprint density at radius 2 is 2.16 bits per heavy atom. The van der Waals surface area contributed by atoms with Crippen LogP contribution in [0.2, 0.25) is 0 Å². The van der Waals surface area contributed by atoms with Crippen molar-refractivity contribution < 1.29 is 28.7 Å². The molecule has 19 heavy (non-hydrogen) atoms. The molecule has 1 saturated heterocycles. The lowest BCUT2D eigenvalue weighted by Gasteiger charge is -2.24. The number of thioether (sulfide) groups is 1. The number of carbonyl (C=O) groups is 2. The van der Waals surface area contributed by atoms with E-state index in [9.17, 15) is 14.2 Å². The summed E-state index contributed by atoms with van der Waals surface area (Å²) >= 11 is 1.53. The Bertz CT molecular complexity index is 397. The molecule has 0 aromatic carbocycles. The summed E-state index contributed by atoms with van der Waals surface area (Å²) in [4.78, 5) is 42.5. The van der Waals surface area contributed by atoms with Gasteiger partial charge in [-0.2, -0.15) is 0 Å². The van der Waals surface area contributed by atoms with Crippen molar-refractivity contribution >= 4 is 30.9 Å². The minimum Gasteiger partial charge on any atom is -0.465 e. The first kappa shape index (κ1) is 16.7. The van der Waals surface area contributed by atoms with Gasteiger partial charge in [0.05, 0.1) is 6.61 Å². The van der Waals surface area contributed by atoms with Crippen molar-refractivity contribution in [2.75, 3.05) is 24.8 Å². The van der Waals surface area contributed by atoms with E-state index in [4.69, 9.17) is 14.5 Å². The maximum absolute atomic E-state index is 11.7. The Morgan fingerprint density at radius 3 is 2.68 bits per heavy atom. The van der Waals surface area contributed by atoms with Gasteiger partial charge in [-0.15, -0.1) is 11.8 Å². The van der Waals surface area contributed by atoms with Crippen LogP contribution in [0.4, 0.5) is 0 Å². The summed E-state index contributed by atoms with van der Waals surface area (Å²) in [6, 6.07) is -0.447. The Balaban J connectivity index is 2.63. The third-order valence-corrected chi connectivity index (χ3v) is 4.83. The molecule has 0 aromatic rings. The van der Waals surface area contributed by atoms with Gasteiger partial charge < -0.3 is 14.5 Å². The Kier molecular flexibility index (Phi) is 6.01. The fourth-order valence-corrected chi connectivity index (χ4v) is 3.68. The lowest BCUT2D eigenvalue weighted by atomic mass is 10.1. The highest BCUT2D eigenvalue weighted by molar-refractivity contribution is 7.99. The third-order valence-electron chi connectivity index (χ3n) is 2.75. The van der Waals surface area contributed by atoms with Gasteiger partial charge in [0.1, 0.15) is 6.04 Å². The van der Waals surface area contributed by atoms with E-state index < -0.39 is 25.1 Å². The predicted octanol–water partition coefficient (Wildman–Crippen LogP) is 0.265. The van der Waals surface area contributed by atoms with Crippen LogP contribution in [0.5, 0.6) is 0 Å². The van der Waals surface area contributed by atoms with Gasteiger partial charge in [-0.25, -0.2) is 0 Å². The molecule has 1 aliphatic rings. The van der Waals surface area contributed by atoms with Crippen LogP contribution in [-0.4, -0.2) is 57.0 Å². The predicted molar refractivity (Wildman–Crippen MR) is 70.7 cm³/mol. The fourth-order valence-electron chi connectivity index (χ4n) is 1.83. The quantitative estimate of drug-likeness (QED) is 0.532. The number of hydrogen-bond donors (Lipinski definition) is 2. The van der Waals surface area contributed by atoms with Crippen molar-refractivity contribution in [2.24, 2.45) is 5.92 Å². The maximum Gasteiger partial charge on any atom is 0.391 e. The van der Waals surface area contributed by atoms with Crippen molar-refractivity contribution in [1.82, 2.24) is 4.90 Å². The second kappa shape index (κ2) is 6.85. The van der Waals surface area contributed by atoms with Gasteiger partial charge in [0.25, 0.3) is 0 Å². The van der Waals surface area contributed by atoms with Crippen molar-refractivity contribution in [3.05, 3.63) is 0 Å². The van der Waals surface area contributed by atoms with E-state index in [1.54, 1.807) is 11.8 Å². The van der Waals surface area contributed by atoms with Crippen LogP contribution in [0.3, 0.4) is 0 Å². The van der Waals surface area contributed by atoms with Gasteiger partial charge in [0, 0.05) is 24.1 Å². The van der Waals surface area contributed by atoms with E-state index in [2.05, 4.69) is 0 Å². The Hall–Kier alpha value is -0.400. The molecule has 1 rings (SSSR count). The molecule has 7 nitrogen and oxygen atoms in total. The summed E-state index contributed by atoms with van der Waals surface area (Å²) in [5, 5.41) is 0. The van der Waals surface area contributed by atoms with Crippen molar-refractivity contribution in [2.45, 2.75) is 19.9 Å².